The number of anilines is 1. The van der Waals surface area contributed by atoms with Gasteiger partial charge in [-0.2, -0.15) is 5.26 Å². The molecule has 1 aromatic rings. The molecule has 0 saturated carbocycles. The molecule has 1 aromatic carbocycles. The summed E-state index contributed by atoms with van der Waals surface area (Å²) >= 11 is 5.99. The van der Waals surface area contributed by atoms with Crippen LogP contribution in [0.3, 0.4) is 0 Å². The van der Waals surface area contributed by atoms with Crippen molar-refractivity contribution < 1.29 is 0 Å². The smallest absolute Gasteiger partial charge is 0.101 e. The van der Waals surface area contributed by atoms with Gasteiger partial charge >= 0.3 is 0 Å². The summed E-state index contributed by atoms with van der Waals surface area (Å²) in [4.78, 5) is 0. The summed E-state index contributed by atoms with van der Waals surface area (Å²) in [5.41, 5.74) is 2.72. The van der Waals surface area contributed by atoms with E-state index in [2.05, 4.69) is 11.4 Å². The molecule has 3 heteroatoms. The summed E-state index contributed by atoms with van der Waals surface area (Å²) in [7, 11) is 0. The van der Waals surface area contributed by atoms with Crippen LogP contribution in [-0.2, 0) is 6.42 Å². The van der Waals surface area contributed by atoms with E-state index in [0.29, 0.717) is 10.6 Å². The van der Waals surface area contributed by atoms with Gasteiger partial charge in [0, 0.05) is 12.2 Å². The van der Waals surface area contributed by atoms with Gasteiger partial charge in [0.2, 0.25) is 0 Å². The van der Waals surface area contributed by atoms with Crippen molar-refractivity contribution in [3.63, 3.8) is 0 Å². The molecule has 60 valence electrons. The quantitative estimate of drug-likeness (QED) is 0.661. The lowest BCUT2D eigenvalue weighted by Gasteiger charge is -2.02. The first-order valence-electron chi connectivity index (χ1n) is 3.78. The number of rotatable bonds is 0. The lowest BCUT2D eigenvalue weighted by Crippen LogP contribution is -1.90. The molecule has 0 saturated heterocycles. The Morgan fingerprint density at radius 3 is 3.08 bits per heavy atom. The number of hydrogen-bond donors (Lipinski definition) is 1. The van der Waals surface area contributed by atoms with Gasteiger partial charge in [-0.3, -0.25) is 0 Å². The van der Waals surface area contributed by atoms with Crippen LogP contribution >= 0.6 is 11.6 Å². The highest BCUT2D eigenvalue weighted by molar-refractivity contribution is 6.33. The van der Waals surface area contributed by atoms with Gasteiger partial charge in [-0.1, -0.05) is 11.6 Å². The third kappa shape index (κ3) is 0.945. The van der Waals surface area contributed by atoms with Gasteiger partial charge in [0.15, 0.2) is 0 Å². The van der Waals surface area contributed by atoms with Crippen molar-refractivity contribution in [1.29, 1.82) is 5.26 Å². The molecule has 0 radical (unpaired) electrons. The molecule has 0 unspecified atom stereocenters. The van der Waals surface area contributed by atoms with Gasteiger partial charge in [-0.15, -0.1) is 0 Å². The van der Waals surface area contributed by atoms with Crippen molar-refractivity contribution in [1.82, 2.24) is 0 Å². The van der Waals surface area contributed by atoms with Crippen LogP contribution in [0, 0.1) is 11.3 Å². The van der Waals surface area contributed by atoms with Crippen LogP contribution in [0.15, 0.2) is 12.1 Å². The summed E-state index contributed by atoms with van der Waals surface area (Å²) in [6.45, 7) is 0.921. The van der Waals surface area contributed by atoms with Gasteiger partial charge in [0.05, 0.1) is 10.6 Å². The molecule has 0 amide bonds. The molecule has 0 atom stereocenters. The van der Waals surface area contributed by atoms with Crippen molar-refractivity contribution in [2.24, 2.45) is 0 Å². The zero-order chi connectivity index (χ0) is 8.55. The van der Waals surface area contributed by atoms with E-state index in [1.807, 2.05) is 6.07 Å². The number of benzene rings is 1. The summed E-state index contributed by atoms with van der Waals surface area (Å²) < 4.78 is 0. The lowest BCUT2D eigenvalue weighted by atomic mass is 10.1. The Kier molecular flexibility index (Phi) is 1.67. The molecule has 12 heavy (non-hydrogen) atoms. The summed E-state index contributed by atoms with van der Waals surface area (Å²) in [5.74, 6) is 0. The Morgan fingerprint density at radius 1 is 1.50 bits per heavy atom. The molecule has 1 aliphatic heterocycles. The third-order valence-corrected chi connectivity index (χ3v) is 2.49. The normalized spacial score (nSPS) is 13.3. The highest BCUT2D eigenvalue weighted by atomic mass is 35.5. The monoisotopic (exact) mass is 178 g/mol. The maximum atomic E-state index is 8.69. The molecule has 1 heterocycles. The Labute approximate surface area is 75.8 Å². The first-order valence-corrected chi connectivity index (χ1v) is 4.16. The van der Waals surface area contributed by atoms with Gasteiger partial charge in [-0.05, 0) is 24.1 Å². The number of nitrogens with one attached hydrogen (secondary N) is 1. The number of hydrogen-bond acceptors (Lipinski definition) is 2. The number of fused-ring (bicyclic) bond motifs is 1. The Bertz CT molecular complexity index is 366. The van der Waals surface area contributed by atoms with Gasteiger partial charge in [0.25, 0.3) is 0 Å². The molecule has 2 rings (SSSR count). The fourth-order valence-corrected chi connectivity index (χ4v) is 1.74. The second kappa shape index (κ2) is 2.69. The zero-order valence-corrected chi connectivity index (χ0v) is 7.15. The largest absolute Gasteiger partial charge is 0.384 e. The first kappa shape index (κ1) is 7.45. The summed E-state index contributed by atoms with van der Waals surface area (Å²) in [6.07, 6.45) is 0.920. The average Bonchev–Trinajstić information content (AvgIpc) is 2.53. The molecule has 1 N–H and O–H groups in total. The molecule has 1 aliphatic rings. The van der Waals surface area contributed by atoms with E-state index in [4.69, 9.17) is 16.9 Å². The third-order valence-electron chi connectivity index (χ3n) is 2.05. The van der Waals surface area contributed by atoms with Crippen LogP contribution in [0.4, 0.5) is 5.69 Å². The van der Waals surface area contributed by atoms with Crippen molar-refractivity contribution in [2.75, 3.05) is 11.9 Å². The predicted octanol–water partition coefficient (Wildman–Crippen LogP) is 2.18. The minimum Gasteiger partial charge on any atom is -0.384 e. The van der Waals surface area contributed by atoms with Crippen LogP contribution in [0.2, 0.25) is 5.02 Å². The molecule has 0 bridgehead atoms. The lowest BCUT2D eigenvalue weighted by molar-refractivity contribution is 1.10. The van der Waals surface area contributed by atoms with Crippen LogP contribution in [0.1, 0.15) is 11.1 Å². The second-order valence-electron chi connectivity index (χ2n) is 2.74. The Hall–Kier alpha value is -1.20. The highest BCUT2D eigenvalue weighted by Gasteiger charge is 2.15. The SMILES string of the molecule is N#Cc1ccc2c(c1Cl)CCN2. The van der Waals surface area contributed by atoms with Crippen molar-refractivity contribution in [2.45, 2.75) is 6.42 Å². The fraction of sp³-hybridized carbons (Fsp3) is 0.222. The number of nitrogens with zero attached hydrogens (tertiary/aromatic N) is 1. The van der Waals surface area contributed by atoms with Crippen LogP contribution in [0.5, 0.6) is 0 Å². The molecule has 0 aliphatic carbocycles. The van der Waals surface area contributed by atoms with E-state index in [9.17, 15) is 0 Å². The van der Waals surface area contributed by atoms with E-state index in [1.165, 1.54) is 0 Å². The van der Waals surface area contributed by atoms with E-state index in [-0.39, 0.29) is 0 Å². The molecular formula is C9H7ClN2. The fourth-order valence-electron chi connectivity index (χ4n) is 1.44. The van der Waals surface area contributed by atoms with Crippen LogP contribution in [-0.4, -0.2) is 6.54 Å². The second-order valence-corrected chi connectivity index (χ2v) is 3.12. The van der Waals surface area contributed by atoms with Crippen molar-refractivity contribution in [3.8, 4) is 6.07 Å². The molecule has 0 fully saturated rings. The maximum Gasteiger partial charge on any atom is 0.101 e. The molecule has 0 spiro atoms. The molecular weight excluding hydrogens is 172 g/mol. The first-order chi connectivity index (χ1) is 5.83. The number of nitriles is 1. The predicted molar refractivity (Wildman–Crippen MR) is 48.4 cm³/mol. The maximum absolute atomic E-state index is 8.69. The minimum atomic E-state index is 0.569. The van der Waals surface area contributed by atoms with E-state index in [0.717, 1.165) is 24.2 Å². The average molecular weight is 179 g/mol. The van der Waals surface area contributed by atoms with Crippen molar-refractivity contribution >= 4 is 17.3 Å². The summed E-state index contributed by atoms with van der Waals surface area (Å²) in [5, 5.41) is 12.5. The van der Waals surface area contributed by atoms with Gasteiger partial charge in [-0.25, -0.2) is 0 Å². The minimum absolute atomic E-state index is 0.569. The van der Waals surface area contributed by atoms with Gasteiger partial charge < -0.3 is 5.32 Å². The van der Waals surface area contributed by atoms with E-state index >= 15 is 0 Å². The van der Waals surface area contributed by atoms with Crippen LogP contribution in [0.25, 0.3) is 0 Å². The van der Waals surface area contributed by atoms with Gasteiger partial charge in [0.1, 0.15) is 6.07 Å². The van der Waals surface area contributed by atoms with E-state index < -0.39 is 0 Å². The summed E-state index contributed by atoms with van der Waals surface area (Å²) in [6, 6.07) is 5.72. The van der Waals surface area contributed by atoms with E-state index in [1.54, 1.807) is 6.07 Å². The Morgan fingerprint density at radius 2 is 2.33 bits per heavy atom. The number of halogens is 1. The topological polar surface area (TPSA) is 35.8 Å². The Balaban J connectivity index is 2.63. The molecule has 2 nitrogen and oxygen atoms in total. The highest BCUT2D eigenvalue weighted by Crippen LogP contribution is 2.31. The van der Waals surface area contributed by atoms with Crippen molar-refractivity contribution in [3.05, 3.63) is 28.3 Å². The molecule has 0 aromatic heterocycles. The van der Waals surface area contributed by atoms with Crippen LogP contribution < -0.4 is 5.32 Å². The standard InChI is InChI=1S/C9H7ClN2/c10-9-6(5-11)1-2-8-7(9)3-4-12-8/h1-2,12H,3-4H2. The zero-order valence-electron chi connectivity index (χ0n) is 6.39.